The first-order valence-corrected chi connectivity index (χ1v) is 8.72. The van der Waals surface area contributed by atoms with Crippen LogP contribution in [0.1, 0.15) is 25.1 Å². The second kappa shape index (κ2) is 10.5. The van der Waals surface area contributed by atoms with Gasteiger partial charge < -0.3 is 15.1 Å². The van der Waals surface area contributed by atoms with E-state index in [9.17, 15) is 14.4 Å². The number of hydrogen-bond acceptors (Lipinski definition) is 7. The number of carbonyl (C=O) groups excluding carboxylic acids is 3. The number of amides is 3. The molecule has 12 nitrogen and oxygen atoms in total. The Labute approximate surface area is 158 Å². The minimum atomic E-state index is -0.702. The molecule has 1 unspecified atom stereocenters. The Morgan fingerprint density at radius 3 is 2.44 bits per heavy atom. The molecule has 1 heterocycles. The van der Waals surface area contributed by atoms with Crippen LogP contribution in [0.5, 0.6) is 0 Å². The van der Waals surface area contributed by atoms with Crippen LogP contribution in [0.3, 0.4) is 0 Å². The van der Waals surface area contributed by atoms with Crippen molar-refractivity contribution in [2.75, 3.05) is 34.2 Å². The zero-order chi connectivity index (χ0) is 20.4. The fourth-order valence-electron chi connectivity index (χ4n) is 2.32. The van der Waals surface area contributed by atoms with Gasteiger partial charge in [-0.1, -0.05) is 0 Å². The number of likely N-dealkylation sites (N-methyl/N-ethyl adjacent to an activating group) is 1. The molecule has 0 saturated heterocycles. The molecule has 27 heavy (non-hydrogen) atoms. The number of nitrogens with zero attached hydrogens (tertiary/aromatic N) is 5. The van der Waals surface area contributed by atoms with Crippen molar-refractivity contribution in [3.05, 3.63) is 5.82 Å². The standard InChI is InChI=1S/C15H29N9O3/c1-11-20-22-23(21-11)9-13(25)17-8-6-5-7-12(15(27)19-16)18-14(26)10-24(2,3)4/h12H,5-10H2,1-4H3,(H4-,16,17,18,19,20,21,22,25,26,27)/p+1. The molecular formula is C15H30N9O3+. The monoisotopic (exact) mass is 384 g/mol. The highest BCUT2D eigenvalue weighted by Gasteiger charge is 2.22. The second-order valence-electron chi connectivity index (χ2n) is 7.29. The van der Waals surface area contributed by atoms with Crippen molar-refractivity contribution >= 4 is 17.7 Å². The molecule has 0 fully saturated rings. The molecule has 1 aromatic heterocycles. The molecule has 0 aliphatic heterocycles. The van der Waals surface area contributed by atoms with E-state index in [1.54, 1.807) is 6.92 Å². The van der Waals surface area contributed by atoms with Gasteiger partial charge in [0, 0.05) is 6.54 Å². The quantitative estimate of drug-likeness (QED) is 0.107. The lowest BCUT2D eigenvalue weighted by atomic mass is 10.1. The molecule has 0 aliphatic rings. The van der Waals surface area contributed by atoms with Crippen molar-refractivity contribution < 1.29 is 18.9 Å². The molecule has 3 amide bonds. The number of hydrazine groups is 1. The summed E-state index contributed by atoms with van der Waals surface area (Å²) in [4.78, 5) is 36.9. The van der Waals surface area contributed by atoms with Crippen molar-refractivity contribution in [3.8, 4) is 0 Å². The van der Waals surface area contributed by atoms with E-state index in [4.69, 9.17) is 5.84 Å². The number of quaternary nitrogens is 1. The number of unbranched alkanes of at least 4 members (excludes halogenated alkanes) is 1. The first-order chi connectivity index (χ1) is 12.6. The van der Waals surface area contributed by atoms with E-state index >= 15 is 0 Å². The third-order valence-electron chi connectivity index (χ3n) is 3.49. The molecule has 1 atom stereocenters. The van der Waals surface area contributed by atoms with Crippen LogP contribution in [0.4, 0.5) is 0 Å². The van der Waals surface area contributed by atoms with Crippen LogP contribution < -0.4 is 21.9 Å². The zero-order valence-electron chi connectivity index (χ0n) is 16.4. The first-order valence-electron chi connectivity index (χ1n) is 8.72. The van der Waals surface area contributed by atoms with Crippen LogP contribution in [0.2, 0.25) is 0 Å². The van der Waals surface area contributed by atoms with Crippen LogP contribution in [0.25, 0.3) is 0 Å². The predicted octanol–water partition coefficient (Wildman–Crippen LogP) is -2.55. The molecule has 1 rings (SSSR count). The first kappa shape index (κ1) is 22.4. The Bertz CT molecular complexity index is 639. The number of rotatable bonds is 11. The van der Waals surface area contributed by atoms with E-state index in [2.05, 4.69) is 31.5 Å². The molecule has 5 N–H and O–H groups in total. The smallest absolute Gasteiger partial charge is 0.275 e. The largest absolute Gasteiger partial charge is 0.354 e. The molecular weight excluding hydrogens is 354 g/mol. The van der Waals surface area contributed by atoms with E-state index in [1.165, 1.54) is 4.80 Å². The summed E-state index contributed by atoms with van der Waals surface area (Å²) >= 11 is 0. The summed E-state index contributed by atoms with van der Waals surface area (Å²) in [6.45, 7) is 2.38. The molecule has 1 aromatic rings. The van der Waals surface area contributed by atoms with Gasteiger partial charge in [0.25, 0.3) is 11.8 Å². The Hall–Kier alpha value is -2.60. The average Bonchev–Trinajstić information content (AvgIpc) is 2.95. The summed E-state index contributed by atoms with van der Waals surface area (Å²) in [7, 11) is 5.66. The molecule has 0 spiro atoms. The lowest BCUT2D eigenvalue weighted by Gasteiger charge is -2.24. The highest BCUT2D eigenvalue weighted by molar-refractivity contribution is 5.87. The van der Waals surface area contributed by atoms with Gasteiger partial charge in [-0.05, 0) is 31.4 Å². The molecule has 0 aliphatic carbocycles. The van der Waals surface area contributed by atoms with Crippen molar-refractivity contribution in [1.82, 2.24) is 36.3 Å². The Kier molecular flexibility index (Phi) is 8.75. The fraction of sp³-hybridized carbons (Fsp3) is 0.733. The van der Waals surface area contributed by atoms with Crippen molar-refractivity contribution in [2.45, 2.75) is 38.8 Å². The third kappa shape index (κ3) is 9.61. The van der Waals surface area contributed by atoms with Crippen LogP contribution in [-0.2, 0) is 20.9 Å². The molecule has 12 heteroatoms. The van der Waals surface area contributed by atoms with Gasteiger partial charge in [0.1, 0.15) is 12.6 Å². The van der Waals surface area contributed by atoms with Crippen LogP contribution >= 0.6 is 0 Å². The number of hydrogen-bond donors (Lipinski definition) is 4. The summed E-state index contributed by atoms with van der Waals surface area (Å²) < 4.78 is 0.453. The predicted molar refractivity (Wildman–Crippen MR) is 96.6 cm³/mol. The number of tetrazole rings is 1. The Morgan fingerprint density at radius 1 is 1.19 bits per heavy atom. The zero-order valence-corrected chi connectivity index (χ0v) is 16.4. The van der Waals surface area contributed by atoms with E-state index in [-0.39, 0.29) is 24.9 Å². The topological polar surface area (TPSA) is 157 Å². The third-order valence-corrected chi connectivity index (χ3v) is 3.49. The van der Waals surface area contributed by atoms with E-state index in [0.29, 0.717) is 36.1 Å². The van der Waals surface area contributed by atoms with E-state index in [1.807, 2.05) is 21.1 Å². The summed E-state index contributed by atoms with van der Waals surface area (Å²) in [5.74, 6) is 4.80. The number of aryl methyl sites for hydroxylation is 1. The van der Waals surface area contributed by atoms with Crippen LogP contribution in [0, 0.1) is 6.92 Å². The lowest BCUT2D eigenvalue weighted by molar-refractivity contribution is -0.862. The highest BCUT2D eigenvalue weighted by Crippen LogP contribution is 2.02. The summed E-state index contributed by atoms with van der Waals surface area (Å²) in [5, 5.41) is 16.8. The fourth-order valence-corrected chi connectivity index (χ4v) is 2.32. The van der Waals surface area contributed by atoms with Crippen molar-refractivity contribution in [2.24, 2.45) is 5.84 Å². The van der Waals surface area contributed by atoms with E-state index < -0.39 is 11.9 Å². The van der Waals surface area contributed by atoms with Gasteiger partial charge in [0.05, 0.1) is 21.1 Å². The molecule has 0 saturated carbocycles. The number of nitrogens with one attached hydrogen (secondary N) is 3. The van der Waals surface area contributed by atoms with Crippen LogP contribution in [-0.4, -0.2) is 82.7 Å². The maximum atomic E-state index is 12.0. The van der Waals surface area contributed by atoms with Gasteiger partial charge in [-0.2, -0.15) is 4.80 Å². The Morgan fingerprint density at radius 2 is 1.89 bits per heavy atom. The average molecular weight is 384 g/mol. The lowest BCUT2D eigenvalue weighted by Crippen LogP contribution is -2.52. The summed E-state index contributed by atoms with van der Waals surface area (Å²) in [5.41, 5.74) is 2.07. The van der Waals surface area contributed by atoms with Gasteiger partial charge in [-0.25, -0.2) is 5.84 Å². The maximum absolute atomic E-state index is 12.0. The number of carbonyl (C=O) groups is 3. The van der Waals surface area contributed by atoms with Crippen molar-refractivity contribution in [3.63, 3.8) is 0 Å². The SMILES string of the molecule is Cc1nnn(CC(=O)NCCCCC(NC(=O)C[N+](C)(C)C)C(=O)NN)n1. The van der Waals surface area contributed by atoms with Crippen molar-refractivity contribution in [1.29, 1.82) is 0 Å². The molecule has 0 aromatic carbocycles. The Balaban J connectivity index is 2.31. The summed E-state index contributed by atoms with van der Waals surface area (Å²) in [6, 6.07) is -0.702. The second-order valence-corrected chi connectivity index (χ2v) is 7.29. The number of aromatic nitrogens is 4. The maximum Gasteiger partial charge on any atom is 0.275 e. The van der Waals surface area contributed by atoms with Crippen LogP contribution in [0.15, 0.2) is 0 Å². The number of nitrogens with two attached hydrogens (primary N) is 1. The van der Waals surface area contributed by atoms with Gasteiger partial charge in [0.2, 0.25) is 5.91 Å². The highest BCUT2D eigenvalue weighted by atomic mass is 16.2. The minimum absolute atomic E-state index is 0.000154. The normalized spacial score (nSPS) is 12.3. The summed E-state index contributed by atoms with van der Waals surface area (Å²) in [6.07, 6.45) is 1.70. The van der Waals surface area contributed by atoms with Gasteiger partial charge in [-0.15, -0.1) is 10.2 Å². The minimum Gasteiger partial charge on any atom is -0.354 e. The van der Waals surface area contributed by atoms with Gasteiger partial charge in [0.15, 0.2) is 12.4 Å². The molecule has 152 valence electrons. The van der Waals surface area contributed by atoms with E-state index in [0.717, 1.165) is 0 Å². The molecule has 0 radical (unpaired) electrons. The van der Waals surface area contributed by atoms with Gasteiger partial charge in [-0.3, -0.25) is 19.8 Å². The molecule has 0 bridgehead atoms. The van der Waals surface area contributed by atoms with Gasteiger partial charge >= 0.3 is 0 Å².